The van der Waals surface area contributed by atoms with Gasteiger partial charge in [-0.2, -0.15) is 0 Å². The van der Waals surface area contributed by atoms with Crippen LogP contribution >= 0.6 is 0 Å². The monoisotopic (exact) mass is 310 g/mol. The fraction of sp³-hybridized carbons (Fsp3) is 0.316. The fourth-order valence-corrected chi connectivity index (χ4v) is 3.07. The molecule has 0 aromatic heterocycles. The van der Waals surface area contributed by atoms with E-state index in [0.29, 0.717) is 6.61 Å². The number of hydrogen-bond donors (Lipinski definition) is 1. The molecular formula is C19H22N2O2. The lowest BCUT2D eigenvalue weighted by molar-refractivity contribution is -0.119. The molecule has 0 spiro atoms. The lowest BCUT2D eigenvalue weighted by Gasteiger charge is -2.24. The molecule has 2 aromatic carbocycles. The smallest absolute Gasteiger partial charge is 0.240 e. The first kappa shape index (κ1) is 15.4. The third-order valence-corrected chi connectivity index (χ3v) is 4.24. The first-order valence-corrected chi connectivity index (χ1v) is 7.98. The second kappa shape index (κ2) is 6.73. The largest absolute Gasteiger partial charge is 0.489 e. The summed E-state index contributed by atoms with van der Waals surface area (Å²) in [4.78, 5) is 13.6. The van der Waals surface area contributed by atoms with E-state index in [0.717, 1.165) is 36.4 Å². The van der Waals surface area contributed by atoms with Gasteiger partial charge < -0.3 is 15.4 Å². The Balaban J connectivity index is 1.64. The van der Waals surface area contributed by atoms with E-state index in [2.05, 4.69) is 30.0 Å². The molecule has 4 heteroatoms. The Hall–Kier alpha value is -2.49. The third-order valence-electron chi connectivity index (χ3n) is 4.24. The summed E-state index contributed by atoms with van der Waals surface area (Å²) in [6, 6.07) is 16.0. The average molecular weight is 310 g/mol. The lowest BCUT2D eigenvalue weighted by atomic mass is 10.1. The van der Waals surface area contributed by atoms with E-state index in [1.165, 1.54) is 5.56 Å². The average Bonchev–Trinajstić information content (AvgIpc) is 3.03. The molecular weight excluding hydrogens is 288 g/mol. The summed E-state index contributed by atoms with van der Waals surface area (Å²) in [6.07, 6.45) is 1.83. The SMILES string of the molecule is Cc1cccc(COc2ccc(N3CCC[C@@H]3C(N)=O)cc2)c1. The van der Waals surface area contributed by atoms with Gasteiger partial charge in [0.05, 0.1) is 0 Å². The Kier molecular flexibility index (Phi) is 4.51. The van der Waals surface area contributed by atoms with Gasteiger partial charge in [-0.3, -0.25) is 4.79 Å². The van der Waals surface area contributed by atoms with Crippen molar-refractivity contribution >= 4 is 11.6 Å². The Labute approximate surface area is 136 Å². The number of primary amides is 1. The minimum Gasteiger partial charge on any atom is -0.489 e. The number of nitrogens with two attached hydrogens (primary N) is 1. The molecule has 23 heavy (non-hydrogen) atoms. The first-order chi connectivity index (χ1) is 11.1. The highest BCUT2D eigenvalue weighted by Crippen LogP contribution is 2.27. The van der Waals surface area contributed by atoms with Gasteiger partial charge in [0.15, 0.2) is 0 Å². The molecule has 1 saturated heterocycles. The number of rotatable bonds is 5. The molecule has 0 aliphatic carbocycles. The van der Waals surface area contributed by atoms with Crippen molar-refractivity contribution in [2.45, 2.75) is 32.4 Å². The van der Waals surface area contributed by atoms with Crippen molar-refractivity contribution in [3.63, 3.8) is 0 Å². The minimum atomic E-state index is -0.248. The second-order valence-electron chi connectivity index (χ2n) is 6.03. The van der Waals surface area contributed by atoms with Crippen LogP contribution in [-0.4, -0.2) is 18.5 Å². The van der Waals surface area contributed by atoms with E-state index in [1.54, 1.807) is 0 Å². The molecule has 3 rings (SSSR count). The lowest BCUT2D eigenvalue weighted by Crippen LogP contribution is -2.40. The molecule has 2 N–H and O–H groups in total. The Morgan fingerprint density at radius 2 is 2.04 bits per heavy atom. The van der Waals surface area contributed by atoms with Crippen molar-refractivity contribution in [3.05, 3.63) is 59.7 Å². The highest BCUT2D eigenvalue weighted by Gasteiger charge is 2.28. The second-order valence-corrected chi connectivity index (χ2v) is 6.03. The fourth-order valence-electron chi connectivity index (χ4n) is 3.07. The topological polar surface area (TPSA) is 55.6 Å². The number of carbonyl (C=O) groups excluding carboxylic acids is 1. The number of amides is 1. The summed E-state index contributed by atoms with van der Waals surface area (Å²) in [6.45, 7) is 3.50. The number of carbonyl (C=O) groups is 1. The highest BCUT2D eigenvalue weighted by molar-refractivity contribution is 5.84. The number of hydrogen-bond acceptors (Lipinski definition) is 3. The van der Waals surface area contributed by atoms with Crippen molar-refractivity contribution < 1.29 is 9.53 Å². The Morgan fingerprint density at radius 3 is 2.74 bits per heavy atom. The van der Waals surface area contributed by atoms with Crippen LogP contribution in [-0.2, 0) is 11.4 Å². The molecule has 1 atom stereocenters. The van der Waals surface area contributed by atoms with Gasteiger partial charge in [0, 0.05) is 12.2 Å². The zero-order valence-corrected chi connectivity index (χ0v) is 13.4. The zero-order chi connectivity index (χ0) is 16.2. The molecule has 0 saturated carbocycles. The molecule has 1 fully saturated rings. The summed E-state index contributed by atoms with van der Waals surface area (Å²) in [5.74, 6) is 0.576. The number of anilines is 1. The van der Waals surface area contributed by atoms with E-state index in [4.69, 9.17) is 10.5 Å². The van der Waals surface area contributed by atoms with Crippen molar-refractivity contribution in [3.8, 4) is 5.75 Å². The molecule has 4 nitrogen and oxygen atoms in total. The van der Waals surface area contributed by atoms with Crippen LogP contribution in [0.4, 0.5) is 5.69 Å². The molecule has 0 unspecified atom stereocenters. The third kappa shape index (κ3) is 3.65. The predicted octanol–water partition coefficient (Wildman–Crippen LogP) is 3.03. The molecule has 1 aliphatic heterocycles. The maximum atomic E-state index is 11.5. The Morgan fingerprint density at radius 1 is 1.26 bits per heavy atom. The Bertz CT molecular complexity index is 682. The van der Waals surface area contributed by atoms with Crippen molar-refractivity contribution in [1.29, 1.82) is 0 Å². The van der Waals surface area contributed by atoms with Gasteiger partial charge in [-0.25, -0.2) is 0 Å². The van der Waals surface area contributed by atoms with Crippen molar-refractivity contribution in [1.82, 2.24) is 0 Å². The molecule has 1 aliphatic rings. The minimum absolute atomic E-state index is 0.186. The summed E-state index contributed by atoms with van der Waals surface area (Å²) >= 11 is 0. The number of aryl methyl sites for hydroxylation is 1. The molecule has 1 amide bonds. The number of nitrogens with zero attached hydrogens (tertiary/aromatic N) is 1. The summed E-state index contributed by atoms with van der Waals surface area (Å²) in [7, 11) is 0. The van der Waals surface area contributed by atoms with Crippen LogP contribution in [0.1, 0.15) is 24.0 Å². The van der Waals surface area contributed by atoms with Crippen LogP contribution in [0.2, 0.25) is 0 Å². The van der Waals surface area contributed by atoms with Gasteiger partial charge >= 0.3 is 0 Å². The van der Waals surface area contributed by atoms with Crippen molar-refractivity contribution in [2.24, 2.45) is 5.73 Å². The maximum absolute atomic E-state index is 11.5. The van der Waals surface area contributed by atoms with E-state index in [9.17, 15) is 4.79 Å². The molecule has 2 aromatic rings. The number of benzene rings is 2. The zero-order valence-electron chi connectivity index (χ0n) is 13.4. The van der Waals surface area contributed by atoms with Gasteiger partial charge in [0.2, 0.25) is 5.91 Å². The van der Waals surface area contributed by atoms with Gasteiger partial charge in [0.25, 0.3) is 0 Å². The molecule has 1 heterocycles. The first-order valence-electron chi connectivity index (χ1n) is 7.98. The van der Waals surface area contributed by atoms with Gasteiger partial charge in [-0.1, -0.05) is 29.8 Å². The van der Waals surface area contributed by atoms with Crippen LogP contribution in [0, 0.1) is 6.92 Å². The molecule has 120 valence electrons. The quantitative estimate of drug-likeness (QED) is 0.923. The predicted molar refractivity (Wildman–Crippen MR) is 91.5 cm³/mol. The van der Waals surface area contributed by atoms with Gasteiger partial charge in [-0.05, 0) is 49.6 Å². The van der Waals surface area contributed by atoms with Crippen LogP contribution in [0.5, 0.6) is 5.75 Å². The summed E-state index contributed by atoms with van der Waals surface area (Å²) in [5, 5.41) is 0. The van der Waals surface area contributed by atoms with Crippen LogP contribution in [0.3, 0.4) is 0 Å². The highest BCUT2D eigenvalue weighted by atomic mass is 16.5. The normalized spacial score (nSPS) is 17.3. The standard InChI is InChI=1S/C19H22N2O2/c1-14-4-2-5-15(12-14)13-23-17-9-7-16(8-10-17)21-11-3-6-18(21)19(20)22/h2,4-5,7-10,12,18H,3,6,11,13H2,1H3,(H2,20,22)/t18-/m1/s1. The van der Waals surface area contributed by atoms with Crippen molar-refractivity contribution in [2.75, 3.05) is 11.4 Å². The van der Waals surface area contributed by atoms with E-state index < -0.39 is 0 Å². The van der Waals surface area contributed by atoms with E-state index in [-0.39, 0.29) is 11.9 Å². The molecule has 0 radical (unpaired) electrons. The maximum Gasteiger partial charge on any atom is 0.240 e. The van der Waals surface area contributed by atoms with Crippen LogP contribution < -0.4 is 15.4 Å². The summed E-state index contributed by atoms with van der Waals surface area (Å²) in [5.41, 5.74) is 8.88. The summed E-state index contributed by atoms with van der Waals surface area (Å²) < 4.78 is 5.83. The van der Waals surface area contributed by atoms with E-state index >= 15 is 0 Å². The van der Waals surface area contributed by atoms with Crippen LogP contribution in [0.25, 0.3) is 0 Å². The van der Waals surface area contributed by atoms with Gasteiger partial charge in [-0.15, -0.1) is 0 Å². The van der Waals surface area contributed by atoms with Crippen LogP contribution in [0.15, 0.2) is 48.5 Å². The molecule has 0 bridgehead atoms. The van der Waals surface area contributed by atoms with E-state index in [1.807, 2.05) is 30.3 Å². The van der Waals surface area contributed by atoms with Gasteiger partial charge in [0.1, 0.15) is 18.4 Å². The number of ether oxygens (including phenoxy) is 1.